The Bertz CT molecular complexity index is 1400. The minimum Gasteiger partial charge on any atom is -0.274 e. The maximum absolute atomic E-state index is 12.9. The third-order valence-corrected chi connectivity index (χ3v) is 7.88. The van der Waals surface area contributed by atoms with E-state index in [1.54, 1.807) is 0 Å². The number of aromatic nitrogens is 2. The molecule has 0 saturated heterocycles. The van der Waals surface area contributed by atoms with Crippen LogP contribution in [0, 0.1) is 11.8 Å². The smallest absolute Gasteiger partial charge is 0.274 e. The van der Waals surface area contributed by atoms with Gasteiger partial charge in [-0.1, -0.05) is 47.5 Å². The first-order valence-electron chi connectivity index (χ1n) is 12.8. The number of nitrogens with zero attached hydrogens (tertiary/aromatic N) is 2. The van der Waals surface area contributed by atoms with Crippen LogP contribution in [0.2, 0.25) is 0 Å². The van der Waals surface area contributed by atoms with E-state index in [0.717, 1.165) is 23.8 Å². The van der Waals surface area contributed by atoms with E-state index in [0.29, 0.717) is 12.3 Å². The fraction of sp³-hybridized carbons (Fsp3) is 0.615. The molecule has 3 aromatic rings. The maximum atomic E-state index is 12.9. The minimum atomic E-state index is -2.63. The molecule has 0 aliphatic carbocycles. The Hall–Kier alpha value is -2.52. The van der Waals surface area contributed by atoms with Crippen molar-refractivity contribution in [2.24, 2.45) is 11.8 Å². The van der Waals surface area contributed by atoms with Crippen LogP contribution in [-0.4, -0.2) is 21.3 Å². The lowest BCUT2D eigenvalue weighted by Gasteiger charge is -2.26. The molecule has 0 N–H and O–H groups in total. The fourth-order valence-corrected chi connectivity index (χ4v) is 4.87. The van der Waals surface area contributed by atoms with E-state index in [1.807, 2.05) is 27.7 Å². The third-order valence-electron chi connectivity index (χ3n) is 7.29. The number of fused-ring (bicyclic) bond motifs is 2. The summed E-state index contributed by atoms with van der Waals surface area (Å²) in [6.45, 7) is 11.8. The van der Waals surface area contributed by atoms with Gasteiger partial charge in [0.05, 0.1) is 32.8 Å². The highest BCUT2D eigenvalue weighted by atomic mass is 31.1. The van der Waals surface area contributed by atoms with Crippen LogP contribution in [0.4, 0.5) is 0 Å². The van der Waals surface area contributed by atoms with Crippen molar-refractivity contribution in [3.8, 4) is 0 Å². The van der Waals surface area contributed by atoms with Crippen LogP contribution in [0.15, 0.2) is 31.3 Å². The van der Waals surface area contributed by atoms with Crippen molar-refractivity contribution < 1.29 is 18.7 Å². The molecular formula is C26H36N2O8P+. The van der Waals surface area contributed by atoms with Crippen LogP contribution >= 0.6 is 8.25 Å². The van der Waals surface area contributed by atoms with Crippen LogP contribution in [0.1, 0.15) is 67.2 Å². The normalized spacial score (nSPS) is 15.8. The molecule has 0 amide bonds. The van der Waals surface area contributed by atoms with Crippen molar-refractivity contribution in [3.05, 3.63) is 53.5 Å². The van der Waals surface area contributed by atoms with E-state index in [4.69, 9.17) is 14.1 Å². The quantitative estimate of drug-likeness (QED) is 0.171. The van der Waals surface area contributed by atoms with Crippen molar-refractivity contribution in [1.29, 1.82) is 0 Å². The molecule has 0 fully saturated rings. The first-order chi connectivity index (χ1) is 17.5. The lowest BCUT2D eigenvalue weighted by atomic mass is 9.90. The molecule has 0 radical (unpaired) electrons. The molecule has 0 aliphatic heterocycles. The summed E-state index contributed by atoms with van der Waals surface area (Å²) in [4.78, 5) is 56.9. The molecule has 4 unspecified atom stereocenters. The van der Waals surface area contributed by atoms with Gasteiger partial charge in [0.1, 0.15) is 12.2 Å². The van der Waals surface area contributed by atoms with E-state index in [9.17, 15) is 23.7 Å². The molecular weight excluding hydrogens is 499 g/mol. The van der Waals surface area contributed by atoms with Crippen molar-refractivity contribution in [3.63, 3.8) is 0 Å². The summed E-state index contributed by atoms with van der Waals surface area (Å²) in [5.41, 5.74) is -2.76. The van der Waals surface area contributed by atoms with Gasteiger partial charge in [-0.05, 0) is 43.7 Å². The molecule has 4 atom stereocenters. The van der Waals surface area contributed by atoms with E-state index >= 15 is 0 Å². The summed E-state index contributed by atoms with van der Waals surface area (Å²) in [7, 11) is -2.63. The van der Waals surface area contributed by atoms with Gasteiger partial charge < -0.3 is 0 Å². The van der Waals surface area contributed by atoms with E-state index in [1.165, 1.54) is 16.7 Å². The van der Waals surface area contributed by atoms with E-state index in [2.05, 4.69) is 13.8 Å². The van der Waals surface area contributed by atoms with Gasteiger partial charge in [-0.25, -0.2) is 0 Å². The molecule has 1 aromatic carbocycles. The first kappa shape index (κ1) is 29.0. The second-order valence-electron chi connectivity index (χ2n) is 10.2. The minimum absolute atomic E-state index is 0.0583. The van der Waals surface area contributed by atoms with Gasteiger partial charge in [-0.15, -0.1) is 4.52 Å². The number of hydrogen-bond donors (Lipinski definition) is 0. The summed E-state index contributed by atoms with van der Waals surface area (Å²) >= 11 is 0. The lowest BCUT2D eigenvalue weighted by molar-refractivity contribution is -0.294. The summed E-state index contributed by atoms with van der Waals surface area (Å²) in [6, 6.07) is 2.64. The molecule has 202 valence electrons. The largest absolute Gasteiger partial charge is 0.728 e. The average molecular weight is 536 g/mol. The fourth-order valence-electron chi connectivity index (χ4n) is 4.35. The summed E-state index contributed by atoms with van der Waals surface area (Å²) in [5.74, 6) is 0.528. The highest BCUT2D eigenvalue weighted by Crippen LogP contribution is 2.32. The Morgan fingerprint density at radius 3 is 1.78 bits per heavy atom. The highest BCUT2D eigenvalue weighted by Gasteiger charge is 2.33. The first-order valence-corrected chi connectivity index (χ1v) is 13.9. The lowest BCUT2D eigenvalue weighted by Crippen LogP contribution is -2.29. The van der Waals surface area contributed by atoms with E-state index < -0.39 is 36.1 Å². The Morgan fingerprint density at radius 1 is 0.838 bits per heavy atom. The molecule has 0 aliphatic rings. The Kier molecular flexibility index (Phi) is 9.34. The molecule has 0 bridgehead atoms. The second-order valence-corrected chi connectivity index (χ2v) is 11.0. The summed E-state index contributed by atoms with van der Waals surface area (Å²) in [5, 5.41) is 0.360. The standard InChI is InChI=1S/C26H36N2O8P/c1-7-16(4)14-26(6,9-3)35-36-37(33)34-11-10-27-22(29)18-12-20-21(13-19(18)23(27)30)25(32)28(24(20)31)15-17(5)8-2/h12-13,16-17H,7-11,14-15H2,1-6H3/q+1. The van der Waals surface area contributed by atoms with Crippen LogP contribution in [-0.2, 0) is 31.7 Å². The monoisotopic (exact) mass is 535 g/mol. The van der Waals surface area contributed by atoms with Crippen LogP contribution < -0.4 is 22.2 Å². The molecule has 0 saturated carbocycles. The average Bonchev–Trinajstić information content (AvgIpc) is 3.26. The van der Waals surface area contributed by atoms with Crippen LogP contribution in [0.25, 0.3) is 21.5 Å². The van der Waals surface area contributed by atoms with Gasteiger partial charge in [0, 0.05) is 11.1 Å². The molecule has 3 rings (SSSR count). The number of rotatable bonds is 14. The zero-order chi connectivity index (χ0) is 27.5. The maximum Gasteiger partial charge on any atom is 0.728 e. The van der Waals surface area contributed by atoms with Gasteiger partial charge >= 0.3 is 8.25 Å². The van der Waals surface area contributed by atoms with Crippen molar-refractivity contribution in [2.45, 2.75) is 85.9 Å². The molecule has 2 heterocycles. The van der Waals surface area contributed by atoms with Gasteiger partial charge in [-0.3, -0.25) is 28.3 Å². The number of benzene rings is 1. The van der Waals surface area contributed by atoms with Crippen molar-refractivity contribution in [2.75, 3.05) is 6.61 Å². The zero-order valence-electron chi connectivity index (χ0n) is 22.4. The Labute approximate surface area is 215 Å². The van der Waals surface area contributed by atoms with Crippen LogP contribution in [0.3, 0.4) is 0 Å². The van der Waals surface area contributed by atoms with Crippen molar-refractivity contribution >= 4 is 29.8 Å². The predicted molar refractivity (Wildman–Crippen MR) is 143 cm³/mol. The molecule has 11 heteroatoms. The van der Waals surface area contributed by atoms with Gasteiger partial charge in [-0.2, -0.15) is 4.89 Å². The van der Waals surface area contributed by atoms with Gasteiger partial charge in [0.25, 0.3) is 22.2 Å². The Balaban J connectivity index is 1.74. The molecule has 37 heavy (non-hydrogen) atoms. The summed E-state index contributed by atoms with van der Waals surface area (Å²) in [6.07, 6.45) is 3.16. The van der Waals surface area contributed by atoms with Crippen molar-refractivity contribution in [1.82, 2.24) is 9.13 Å². The highest BCUT2D eigenvalue weighted by molar-refractivity contribution is 7.33. The van der Waals surface area contributed by atoms with Gasteiger partial charge in [0.15, 0.2) is 0 Å². The summed E-state index contributed by atoms with van der Waals surface area (Å²) < 4.78 is 24.4. The van der Waals surface area contributed by atoms with E-state index in [-0.39, 0.29) is 47.2 Å². The molecule has 10 nitrogen and oxygen atoms in total. The molecule has 0 spiro atoms. The number of hydrogen-bond acceptors (Lipinski definition) is 8. The Morgan fingerprint density at radius 2 is 1.32 bits per heavy atom. The van der Waals surface area contributed by atoms with Crippen LogP contribution in [0.5, 0.6) is 0 Å². The topological polar surface area (TPSA) is 123 Å². The van der Waals surface area contributed by atoms with Gasteiger partial charge in [0.2, 0.25) is 0 Å². The predicted octanol–water partition coefficient (Wildman–Crippen LogP) is 4.19. The SMILES string of the molecule is CCC(C)Cn1c(=O)c2cc3c(=O)n(CCO[P+](=O)OOC(C)(CC)CC(C)CC)c(=O)c3cc2c1=O. The second kappa shape index (κ2) is 11.9. The zero-order valence-corrected chi connectivity index (χ0v) is 23.3. The third kappa shape index (κ3) is 6.14. The molecule has 2 aromatic heterocycles.